The van der Waals surface area contributed by atoms with Crippen molar-refractivity contribution in [3.05, 3.63) is 0 Å². The van der Waals surface area contributed by atoms with E-state index in [1.165, 1.54) is 83.5 Å². The highest BCUT2D eigenvalue weighted by Gasteiger charge is 2.32. The molecule has 1 heterocycles. The van der Waals surface area contributed by atoms with Gasteiger partial charge in [-0.15, -0.1) is 0 Å². The minimum Gasteiger partial charge on any atom is -0.311 e. The van der Waals surface area contributed by atoms with Crippen LogP contribution < -0.4 is 5.32 Å². The molecule has 4 bridgehead atoms. The van der Waals surface area contributed by atoms with Crippen molar-refractivity contribution in [1.82, 2.24) is 5.32 Å². The molecule has 3 fully saturated rings. The van der Waals surface area contributed by atoms with E-state index in [1.54, 1.807) is 0 Å². The van der Waals surface area contributed by atoms with Crippen molar-refractivity contribution >= 4 is 5.78 Å². The zero-order chi connectivity index (χ0) is 15.9. The highest BCUT2D eigenvalue weighted by molar-refractivity contribution is 5.83. The highest BCUT2D eigenvalue weighted by Crippen LogP contribution is 2.32. The first-order valence-electron chi connectivity index (χ1n) is 10.6. The predicted molar refractivity (Wildman–Crippen MR) is 96.6 cm³/mol. The van der Waals surface area contributed by atoms with E-state index in [0.717, 1.165) is 19.3 Å². The lowest BCUT2D eigenvalue weighted by molar-refractivity contribution is -0.127. The van der Waals surface area contributed by atoms with Crippen LogP contribution in [0.25, 0.3) is 0 Å². The number of rotatable bonds is 0. The maximum atomic E-state index is 13.2. The molecule has 1 N–H and O–H groups in total. The van der Waals surface area contributed by atoms with Crippen LogP contribution in [0.15, 0.2) is 0 Å². The molecule has 0 amide bonds. The van der Waals surface area contributed by atoms with E-state index in [4.69, 9.17) is 0 Å². The Kier molecular flexibility index (Phi) is 6.98. The smallest absolute Gasteiger partial charge is 0.139 e. The molecule has 0 aromatic carbocycles. The third-order valence-corrected chi connectivity index (χ3v) is 6.67. The topological polar surface area (TPSA) is 29.1 Å². The Bertz CT molecular complexity index is 367. The van der Waals surface area contributed by atoms with Gasteiger partial charge < -0.3 is 5.32 Å². The zero-order valence-electron chi connectivity index (χ0n) is 15.0. The van der Waals surface area contributed by atoms with Gasteiger partial charge in [0.1, 0.15) is 5.78 Å². The molecule has 0 spiro atoms. The van der Waals surface area contributed by atoms with Crippen LogP contribution in [0, 0.1) is 11.8 Å². The molecule has 2 saturated carbocycles. The lowest BCUT2D eigenvalue weighted by Crippen LogP contribution is -2.39. The van der Waals surface area contributed by atoms with Crippen molar-refractivity contribution in [3.8, 4) is 0 Å². The normalized spacial score (nSPS) is 38.2. The molecule has 4 unspecified atom stereocenters. The van der Waals surface area contributed by atoms with Crippen molar-refractivity contribution in [2.75, 3.05) is 0 Å². The Morgan fingerprint density at radius 2 is 1.13 bits per heavy atom. The molecular weight excluding hydrogens is 282 g/mol. The molecule has 23 heavy (non-hydrogen) atoms. The van der Waals surface area contributed by atoms with Gasteiger partial charge in [-0.1, -0.05) is 57.8 Å². The Balaban J connectivity index is 1.78. The summed E-state index contributed by atoms with van der Waals surface area (Å²) in [6.45, 7) is 0. The molecule has 1 aliphatic heterocycles. The van der Waals surface area contributed by atoms with Gasteiger partial charge >= 0.3 is 0 Å². The largest absolute Gasteiger partial charge is 0.311 e. The second-order valence-electron chi connectivity index (χ2n) is 8.51. The molecule has 1 saturated heterocycles. The molecule has 4 atom stereocenters. The van der Waals surface area contributed by atoms with E-state index in [2.05, 4.69) is 5.32 Å². The molecule has 3 rings (SSSR count). The molecule has 2 heteroatoms. The van der Waals surface area contributed by atoms with Gasteiger partial charge in [-0.2, -0.15) is 0 Å². The summed E-state index contributed by atoms with van der Waals surface area (Å²) in [4.78, 5) is 13.2. The summed E-state index contributed by atoms with van der Waals surface area (Å²) in [6.07, 6.45) is 20.6. The summed E-state index contributed by atoms with van der Waals surface area (Å²) in [5, 5.41) is 4.02. The van der Waals surface area contributed by atoms with E-state index in [9.17, 15) is 4.79 Å². The van der Waals surface area contributed by atoms with Crippen LogP contribution in [-0.4, -0.2) is 17.9 Å². The Morgan fingerprint density at radius 1 is 0.565 bits per heavy atom. The zero-order valence-corrected chi connectivity index (χ0v) is 15.0. The van der Waals surface area contributed by atoms with Crippen molar-refractivity contribution in [2.24, 2.45) is 11.8 Å². The van der Waals surface area contributed by atoms with Crippen LogP contribution in [0.4, 0.5) is 0 Å². The third kappa shape index (κ3) is 5.31. The van der Waals surface area contributed by atoms with E-state index in [1.807, 2.05) is 0 Å². The van der Waals surface area contributed by atoms with E-state index >= 15 is 0 Å². The Labute approximate surface area is 143 Å². The van der Waals surface area contributed by atoms with E-state index in [-0.39, 0.29) is 0 Å². The third-order valence-electron chi connectivity index (χ3n) is 6.67. The van der Waals surface area contributed by atoms with E-state index in [0.29, 0.717) is 29.7 Å². The Morgan fingerprint density at radius 3 is 1.87 bits per heavy atom. The van der Waals surface area contributed by atoms with Gasteiger partial charge in [0.05, 0.1) is 0 Å². The van der Waals surface area contributed by atoms with Crippen LogP contribution in [-0.2, 0) is 4.79 Å². The minimum absolute atomic E-state index is 0.359. The first-order chi connectivity index (χ1) is 11.3. The number of Topliss-reactive ketones (excluding diaryl/α,β-unsaturated/α-hetero) is 1. The fraction of sp³-hybridized carbons (Fsp3) is 0.952. The Hall–Kier alpha value is -0.370. The molecule has 0 aromatic heterocycles. The van der Waals surface area contributed by atoms with Crippen molar-refractivity contribution in [3.63, 3.8) is 0 Å². The molecule has 3 aliphatic rings. The summed E-state index contributed by atoms with van der Waals surface area (Å²) in [7, 11) is 0. The van der Waals surface area contributed by atoms with Crippen LogP contribution in [0.1, 0.15) is 103 Å². The SMILES string of the molecule is O=C1C2CCCCCCCC(CC2)NC2CCCCCCC1C2. The number of hydrogen-bond acceptors (Lipinski definition) is 2. The first-order valence-corrected chi connectivity index (χ1v) is 10.6. The summed E-state index contributed by atoms with van der Waals surface area (Å²) < 4.78 is 0. The standard InChI is InChI=1S/C21H37NO/c23-21-17-10-6-2-1-3-8-12-19(15-14-17)22-20-13-9-5-4-7-11-18(21)16-20/h17-20,22H,1-16H2. The number of carbonyl (C=O) groups excluding carboxylic acids is 1. The molecule has 2 aliphatic carbocycles. The quantitative estimate of drug-likeness (QED) is 0.648. The molecule has 132 valence electrons. The first kappa shape index (κ1) is 17.5. The van der Waals surface area contributed by atoms with Crippen LogP contribution in [0.2, 0.25) is 0 Å². The average molecular weight is 320 g/mol. The summed E-state index contributed by atoms with van der Waals surface area (Å²) in [5.74, 6) is 1.39. The average Bonchev–Trinajstić information content (AvgIpc) is 2.66. The number of nitrogens with one attached hydrogen (secondary N) is 1. The summed E-state index contributed by atoms with van der Waals surface area (Å²) in [5.41, 5.74) is 0. The molecule has 0 aromatic rings. The summed E-state index contributed by atoms with van der Waals surface area (Å²) >= 11 is 0. The monoisotopic (exact) mass is 319 g/mol. The van der Waals surface area contributed by atoms with Crippen LogP contribution in [0.5, 0.6) is 0 Å². The molecule has 0 radical (unpaired) electrons. The number of hydrogen-bond donors (Lipinski definition) is 1. The fourth-order valence-corrected chi connectivity index (χ4v) is 5.24. The maximum absolute atomic E-state index is 13.2. The van der Waals surface area contributed by atoms with Crippen molar-refractivity contribution in [2.45, 2.75) is 115 Å². The van der Waals surface area contributed by atoms with Crippen molar-refractivity contribution < 1.29 is 4.79 Å². The van der Waals surface area contributed by atoms with Gasteiger partial charge in [0.2, 0.25) is 0 Å². The second-order valence-corrected chi connectivity index (χ2v) is 8.51. The lowest BCUT2D eigenvalue weighted by atomic mass is 9.81. The lowest BCUT2D eigenvalue weighted by Gasteiger charge is -2.26. The van der Waals surface area contributed by atoms with Gasteiger partial charge in [-0.05, 0) is 44.9 Å². The number of fused-ring (bicyclic) bond motifs is 5. The maximum Gasteiger partial charge on any atom is 0.139 e. The van der Waals surface area contributed by atoms with Gasteiger partial charge in [0, 0.05) is 23.9 Å². The minimum atomic E-state index is 0.359. The summed E-state index contributed by atoms with van der Waals surface area (Å²) in [6, 6.07) is 1.28. The highest BCUT2D eigenvalue weighted by atomic mass is 16.1. The number of carbonyl (C=O) groups is 1. The van der Waals surface area contributed by atoms with Gasteiger partial charge in [-0.25, -0.2) is 0 Å². The van der Waals surface area contributed by atoms with Crippen LogP contribution in [0.3, 0.4) is 0 Å². The fourth-order valence-electron chi connectivity index (χ4n) is 5.24. The molecular formula is C21H37NO. The van der Waals surface area contributed by atoms with Crippen molar-refractivity contribution in [1.29, 1.82) is 0 Å². The number of ketones is 1. The second kappa shape index (κ2) is 9.20. The molecule has 2 nitrogen and oxygen atoms in total. The van der Waals surface area contributed by atoms with Gasteiger partial charge in [0.25, 0.3) is 0 Å². The van der Waals surface area contributed by atoms with E-state index < -0.39 is 0 Å². The van der Waals surface area contributed by atoms with Gasteiger partial charge in [-0.3, -0.25) is 4.79 Å². The van der Waals surface area contributed by atoms with Gasteiger partial charge in [0.15, 0.2) is 0 Å². The van der Waals surface area contributed by atoms with Crippen LogP contribution >= 0.6 is 0 Å². The predicted octanol–water partition coefficient (Wildman–Crippen LogP) is 5.40.